The lowest BCUT2D eigenvalue weighted by molar-refractivity contribution is -0.140. The average molecular weight is 222 g/mol. The fourth-order valence-corrected chi connectivity index (χ4v) is 1.20. The molecule has 1 amide bonds. The SMILES string of the molecule is COC(C)(C)C(=O)N[C@@H](C)c1ccncc1. The highest BCUT2D eigenvalue weighted by Crippen LogP contribution is 2.14. The summed E-state index contributed by atoms with van der Waals surface area (Å²) in [6.45, 7) is 5.40. The lowest BCUT2D eigenvalue weighted by Gasteiger charge is -2.24. The van der Waals surface area contributed by atoms with Crippen molar-refractivity contribution in [3.63, 3.8) is 0 Å². The summed E-state index contributed by atoms with van der Waals surface area (Å²) in [5.41, 5.74) is 0.219. The maximum atomic E-state index is 11.8. The van der Waals surface area contributed by atoms with Gasteiger partial charge in [0.1, 0.15) is 5.60 Å². The largest absolute Gasteiger partial charge is 0.369 e. The monoisotopic (exact) mass is 222 g/mol. The van der Waals surface area contributed by atoms with Gasteiger partial charge in [-0.2, -0.15) is 0 Å². The number of carbonyl (C=O) groups excluding carboxylic acids is 1. The molecule has 1 atom stereocenters. The van der Waals surface area contributed by atoms with Crippen molar-refractivity contribution >= 4 is 5.91 Å². The van der Waals surface area contributed by atoms with Crippen molar-refractivity contribution in [1.29, 1.82) is 0 Å². The minimum absolute atomic E-state index is 0.0510. The van der Waals surface area contributed by atoms with Gasteiger partial charge >= 0.3 is 0 Å². The molecule has 0 spiro atoms. The molecular formula is C12H18N2O2. The van der Waals surface area contributed by atoms with E-state index in [4.69, 9.17) is 4.74 Å². The number of nitrogens with one attached hydrogen (secondary N) is 1. The van der Waals surface area contributed by atoms with Crippen molar-refractivity contribution in [2.24, 2.45) is 0 Å². The van der Waals surface area contributed by atoms with Crippen LogP contribution in [0.5, 0.6) is 0 Å². The van der Waals surface area contributed by atoms with E-state index in [1.807, 2.05) is 19.1 Å². The van der Waals surface area contributed by atoms with E-state index in [0.29, 0.717) is 0 Å². The van der Waals surface area contributed by atoms with Gasteiger partial charge in [-0.1, -0.05) is 0 Å². The summed E-state index contributed by atoms with van der Waals surface area (Å²) in [5, 5.41) is 2.90. The van der Waals surface area contributed by atoms with E-state index in [0.717, 1.165) is 5.56 Å². The summed E-state index contributed by atoms with van der Waals surface area (Å²) in [5.74, 6) is -0.126. The molecule has 0 aliphatic heterocycles. The number of ether oxygens (including phenoxy) is 1. The molecule has 0 unspecified atom stereocenters. The number of methoxy groups -OCH3 is 1. The van der Waals surface area contributed by atoms with Crippen LogP contribution in [0.3, 0.4) is 0 Å². The zero-order chi connectivity index (χ0) is 12.2. The molecule has 0 bridgehead atoms. The smallest absolute Gasteiger partial charge is 0.252 e. The first kappa shape index (κ1) is 12.6. The van der Waals surface area contributed by atoms with Crippen LogP contribution in [0.1, 0.15) is 32.4 Å². The highest BCUT2D eigenvalue weighted by molar-refractivity contribution is 5.84. The first-order chi connectivity index (χ1) is 7.47. The molecule has 1 heterocycles. The quantitative estimate of drug-likeness (QED) is 0.843. The van der Waals surface area contributed by atoms with E-state index in [9.17, 15) is 4.79 Å². The molecule has 1 N–H and O–H groups in total. The Morgan fingerprint density at radius 3 is 2.50 bits per heavy atom. The number of pyridine rings is 1. The second-order valence-electron chi connectivity index (χ2n) is 4.19. The molecule has 88 valence electrons. The molecule has 0 aromatic carbocycles. The predicted octanol–water partition coefficient (Wildman–Crippen LogP) is 1.68. The molecule has 0 saturated heterocycles. The van der Waals surface area contributed by atoms with E-state index in [1.165, 1.54) is 7.11 Å². The van der Waals surface area contributed by atoms with Crippen LogP contribution in [0.2, 0.25) is 0 Å². The van der Waals surface area contributed by atoms with Gasteiger partial charge in [-0.3, -0.25) is 9.78 Å². The zero-order valence-electron chi connectivity index (χ0n) is 10.2. The van der Waals surface area contributed by atoms with Crippen LogP contribution in [0, 0.1) is 0 Å². The topological polar surface area (TPSA) is 51.2 Å². The normalized spacial score (nSPS) is 13.2. The minimum atomic E-state index is -0.804. The summed E-state index contributed by atoms with van der Waals surface area (Å²) in [6.07, 6.45) is 3.42. The highest BCUT2D eigenvalue weighted by atomic mass is 16.5. The predicted molar refractivity (Wildman–Crippen MR) is 61.9 cm³/mol. The Bertz CT molecular complexity index is 349. The van der Waals surface area contributed by atoms with Gasteiger partial charge in [0.05, 0.1) is 6.04 Å². The Morgan fingerprint density at radius 1 is 1.44 bits per heavy atom. The van der Waals surface area contributed by atoms with Crippen LogP contribution in [0.15, 0.2) is 24.5 Å². The molecule has 16 heavy (non-hydrogen) atoms. The van der Waals surface area contributed by atoms with Gasteiger partial charge in [0.2, 0.25) is 0 Å². The third-order valence-electron chi connectivity index (χ3n) is 2.61. The second-order valence-corrected chi connectivity index (χ2v) is 4.19. The van der Waals surface area contributed by atoms with Crippen molar-refractivity contribution in [3.05, 3.63) is 30.1 Å². The number of hydrogen-bond acceptors (Lipinski definition) is 3. The molecule has 1 rings (SSSR count). The van der Waals surface area contributed by atoms with Crippen molar-refractivity contribution in [2.75, 3.05) is 7.11 Å². The van der Waals surface area contributed by atoms with Crippen LogP contribution >= 0.6 is 0 Å². The summed E-state index contributed by atoms with van der Waals surface area (Å²) in [4.78, 5) is 15.8. The molecule has 0 radical (unpaired) electrons. The Labute approximate surface area is 96.0 Å². The summed E-state index contributed by atoms with van der Waals surface area (Å²) in [7, 11) is 1.52. The molecule has 0 saturated carbocycles. The molecule has 4 heteroatoms. The first-order valence-corrected chi connectivity index (χ1v) is 5.23. The Hall–Kier alpha value is -1.42. The molecule has 0 aliphatic rings. The van der Waals surface area contributed by atoms with Crippen LogP contribution in [-0.4, -0.2) is 23.6 Å². The van der Waals surface area contributed by atoms with Crippen molar-refractivity contribution < 1.29 is 9.53 Å². The number of rotatable bonds is 4. The molecule has 1 aromatic rings. The summed E-state index contributed by atoms with van der Waals surface area (Å²) < 4.78 is 5.11. The van der Waals surface area contributed by atoms with Crippen molar-refractivity contribution in [1.82, 2.24) is 10.3 Å². The van der Waals surface area contributed by atoms with Gasteiger partial charge in [0.25, 0.3) is 5.91 Å². The number of hydrogen-bond donors (Lipinski definition) is 1. The number of nitrogens with zero attached hydrogens (tertiary/aromatic N) is 1. The molecule has 4 nitrogen and oxygen atoms in total. The van der Waals surface area contributed by atoms with Crippen molar-refractivity contribution in [3.8, 4) is 0 Å². The van der Waals surface area contributed by atoms with Crippen LogP contribution in [-0.2, 0) is 9.53 Å². The average Bonchev–Trinajstić information content (AvgIpc) is 2.30. The van der Waals surface area contributed by atoms with Gasteiger partial charge in [-0.15, -0.1) is 0 Å². The second kappa shape index (κ2) is 5.07. The molecule has 1 aromatic heterocycles. The fraction of sp³-hybridized carbons (Fsp3) is 0.500. The maximum Gasteiger partial charge on any atom is 0.252 e. The first-order valence-electron chi connectivity index (χ1n) is 5.23. The van der Waals surface area contributed by atoms with Crippen LogP contribution in [0.4, 0.5) is 0 Å². The van der Waals surface area contributed by atoms with Crippen molar-refractivity contribution in [2.45, 2.75) is 32.4 Å². The molecular weight excluding hydrogens is 204 g/mol. The van der Waals surface area contributed by atoms with E-state index < -0.39 is 5.60 Å². The lowest BCUT2D eigenvalue weighted by Crippen LogP contribution is -2.44. The lowest BCUT2D eigenvalue weighted by atomic mass is 10.1. The molecule has 0 fully saturated rings. The maximum absolute atomic E-state index is 11.8. The standard InChI is InChI=1S/C12H18N2O2/c1-9(10-5-7-13-8-6-10)14-11(15)12(2,3)16-4/h5-9H,1-4H3,(H,14,15)/t9-/m0/s1. The third kappa shape index (κ3) is 3.03. The van der Waals surface area contributed by atoms with Gasteiger partial charge < -0.3 is 10.1 Å². The minimum Gasteiger partial charge on any atom is -0.369 e. The Kier molecular flexibility index (Phi) is 4.01. The van der Waals surface area contributed by atoms with E-state index in [2.05, 4.69) is 10.3 Å². The Morgan fingerprint density at radius 2 is 2.00 bits per heavy atom. The Balaban J connectivity index is 2.66. The van der Waals surface area contributed by atoms with Gasteiger partial charge in [0, 0.05) is 19.5 Å². The summed E-state index contributed by atoms with van der Waals surface area (Å²) in [6, 6.07) is 3.71. The van der Waals surface area contributed by atoms with Gasteiger partial charge in [-0.05, 0) is 38.5 Å². The fourth-order valence-electron chi connectivity index (χ4n) is 1.20. The highest BCUT2D eigenvalue weighted by Gasteiger charge is 2.27. The van der Waals surface area contributed by atoms with Gasteiger partial charge in [0.15, 0.2) is 0 Å². The van der Waals surface area contributed by atoms with E-state index in [-0.39, 0.29) is 11.9 Å². The van der Waals surface area contributed by atoms with Crippen LogP contribution in [0.25, 0.3) is 0 Å². The number of aromatic nitrogens is 1. The van der Waals surface area contributed by atoms with E-state index in [1.54, 1.807) is 26.2 Å². The van der Waals surface area contributed by atoms with E-state index >= 15 is 0 Å². The van der Waals surface area contributed by atoms with Gasteiger partial charge in [-0.25, -0.2) is 0 Å². The van der Waals surface area contributed by atoms with Crippen LogP contribution < -0.4 is 5.32 Å². The molecule has 0 aliphatic carbocycles. The number of amides is 1. The number of carbonyl (C=O) groups is 1. The third-order valence-corrected chi connectivity index (χ3v) is 2.61. The summed E-state index contributed by atoms with van der Waals surface area (Å²) >= 11 is 0. The zero-order valence-corrected chi connectivity index (χ0v) is 10.2.